The van der Waals surface area contributed by atoms with E-state index in [-0.39, 0.29) is 6.04 Å². The van der Waals surface area contributed by atoms with Crippen LogP contribution in [0.4, 0.5) is 0 Å². The predicted octanol–water partition coefficient (Wildman–Crippen LogP) is 2.97. The minimum absolute atomic E-state index is 0.262. The summed E-state index contributed by atoms with van der Waals surface area (Å²) in [6.45, 7) is 2.11. The molecule has 0 fully saturated rings. The van der Waals surface area contributed by atoms with Gasteiger partial charge < -0.3 is 9.88 Å². The Hall–Kier alpha value is -0.880. The first-order chi connectivity index (χ1) is 8.11. The minimum Gasteiger partial charge on any atom is -0.336 e. The highest BCUT2D eigenvalue weighted by Crippen LogP contribution is 2.21. The van der Waals surface area contributed by atoms with E-state index in [1.807, 2.05) is 14.1 Å². The number of imidazole rings is 1. The molecule has 0 amide bonds. The Morgan fingerprint density at radius 1 is 1.29 bits per heavy atom. The van der Waals surface area contributed by atoms with Crippen molar-refractivity contribution >= 4 is 22.6 Å². The van der Waals surface area contributed by atoms with Crippen LogP contribution in [0.25, 0.3) is 11.3 Å². The van der Waals surface area contributed by atoms with Crippen molar-refractivity contribution in [2.24, 2.45) is 7.05 Å². The lowest BCUT2D eigenvalue weighted by Gasteiger charge is -2.08. The van der Waals surface area contributed by atoms with E-state index in [0.29, 0.717) is 0 Å². The van der Waals surface area contributed by atoms with E-state index < -0.39 is 0 Å². The van der Waals surface area contributed by atoms with Crippen LogP contribution in [0.15, 0.2) is 30.5 Å². The second-order valence-corrected chi connectivity index (χ2v) is 5.36. The number of aryl methyl sites for hydroxylation is 1. The normalized spacial score (nSPS) is 12.7. The van der Waals surface area contributed by atoms with E-state index in [2.05, 4.69) is 74.8 Å². The van der Waals surface area contributed by atoms with Gasteiger partial charge >= 0.3 is 0 Å². The topological polar surface area (TPSA) is 29.9 Å². The van der Waals surface area contributed by atoms with Crippen molar-refractivity contribution in [3.05, 3.63) is 39.9 Å². The van der Waals surface area contributed by atoms with Crippen molar-refractivity contribution in [2.75, 3.05) is 7.05 Å². The van der Waals surface area contributed by atoms with E-state index in [4.69, 9.17) is 0 Å². The number of hydrogen-bond acceptors (Lipinski definition) is 2. The quantitative estimate of drug-likeness (QED) is 0.870. The summed E-state index contributed by atoms with van der Waals surface area (Å²) in [5.74, 6) is 1.06. The molecule has 2 aromatic rings. The molecule has 1 heterocycles. The van der Waals surface area contributed by atoms with Crippen molar-refractivity contribution in [3.63, 3.8) is 0 Å². The molecule has 0 spiro atoms. The van der Waals surface area contributed by atoms with Gasteiger partial charge in [0.15, 0.2) is 0 Å². The van der Waals surface area contributed by atoms with Crippen LogP contribution in [0.1, 0.15) is 18.8 Å². The van der Waals surface area contributed by atoms with Crippen molar-refractivity contribution in [1.82, 2.24) is 14.9 Å². The monoisotopic (exact) mass is 341 g/mol. The van der Waals surface area contributed by atoms with Gasteiger partial charge in [0.25, 0.3) is 0 Å². The third-order valence-electron chi connectivity index (χ3n) is 2.87. The van der Waals surface area contributed by atoms with Crippen LogP contribution in [0.3, 0.4) is 0 Å². The number of nitrogens with one attached hydrogen (secondary N) is 1. The molecule has 90 valence electrons. The fourth-order valence-corrected chi connectivity index (χ4v) is 2.13. The molecule has 1 atom stereocenters. The molecule has 1 aromatic heterocycles. The fraction of sp³-hybridized carbons (Fsp3) is 0.308. The Balaban J connectivity index is 2.37. The smallest absolute Gasteiger partial charge is 0.126 e. The largest absolute Gasteiger partial charge is 0.336 e. The Labute approximate surface area is 115 Å². The van der Waals surface area contributed by atoms with E-state index in [0.717, 1.165) is 17.1 Å². The molecular formula is C13H16IN3. The lowest BCUT2D eigenvalue weighted by atomic mass is 10.2. The Bertz CT molecular complexity index is 502. The summed E-state index contributed by atoms with van der Waals surface area (Å²) in [6.07, 6.45) is 2.07. The third-order valence-corrected chi connectivity index (χ3v) is 3.59. The second kappa shape index (κ2) is 5.18. The van der Waals surface area contributed by atoms with Crippen LogP contribution in [0.2, 0.25) is 0 Å². The first kappa shape index (κ1) is 12.6. The van der Waals surface area contributed by atoms with Crippen molar-refractivity contribution in [2.45, 2.75) is 13.0 Å². The van der Waals surface area contributed by atoms with Gasteiger partial charge in [-0.15, -0.1) is 0 Å². The molecule has 1 aromatic carbocycles. The SMILES string of the molecule is CN[C@H](C)c1nc(-c2ccc(I)cc2)cn1C. The summed E-state index contributed by atoms with van der Waals surface area (Å²) in [6, 6.07) is 8.69. The molecule has 17 heavy (non-hydrogen) atoms. The maximum absolute atomic E-state index is 4.68. The molecule has 1 N–H and O–H groups in total. The maximum atomic E-state index is 4.68. The molecule has 0 unspecified atom stereocenters. The van der Waals surface area contributed by atoms with Crippen LogP contribution >= 0.6 is 22.6 Å². The fourth-order valence-electron chi connectivity index (χ4n) is 1.77. The lowest BCUT2D eigenvalue weighted by Crippen LogP contribution is -2.16. The molecule has 0 bridgehead atoms. The Morgan fingerprint density at radius 2 is 1.94 bits per heavy atom. The van der Waals surface area contributed by atoms with Gasteiger partial charge in [-0.2, -0.15) is 0 Å². The molecule has 4 heteroatoms. The van der Waals surface area contributed by atoms with Gasteiger partial charge in [-0.1, -0.05) is 12.1 Å². The molecule has 0 aliphatic heterocycles. The van der Waals surface area contributed by atoms with E-state index >= 15 is 0 Å². The van der Waals surface area contributed by atoms with Crippen LogP contribution in [-0.4, -0.2) is 16.6 Å². The number of aromatic nitrogens is 2. The van der Waals surface area contributed by atoms with Crippen LogP contribution in [-0.2, 0) is 7.05 Å². The van der Waals surface area contributed by atoms with E-state index in [1.54, 1.807) is 0 Å². The van der Waals surface area contributed by atoms with Crippen molar-refractivity contribution < 1.29 is 0 Å². The van der Waals surface area contributed by atoms with Gasteiger partial charge in [-0.25, -0.2) is 4.98 Å². The summed E-state index contributed by atoms with van der Waals surface area (Å²) in [7, 11) is 3.98. The zero-order valence-electron chi connectivity index (χ0n) is 10.2. The highest BCUT2D eigenvalue weighted by molar-refractivity contribution is 14.1. The van der Waals surface area contributed by atoms with Crippen LogP contribution in [0.5, 0.6) is 0 Å². The summed E-state index contributed by atoms with van der Waals surface area (Å²) < 4.78 is 3.32. The molecule has 0 saturated carbocycles. The standard InChI is InChI=1S/C13H16IN3/c1-9(15-2)13-16-12(8-17(13)3)10-4-6-11(14)7-5-10/h4-9,15H,1-3H3/t9-/m1/s1. The highest BCUT2D eigenvalue weighted by Gasteiger charge is 2.11. The van der Waals surface area contributed by atoms with Gasteiger partial charge in [0.05, 0.1) is 11.7 Å². The Morgan fingerprint density at radius 3 is 2.53 bits per heavy atom. The van der Waals surface area contributed by atoms with E-state index in [1.165, 1.54) is 3.57 Å². The third kappa shape index (κ3) is 2.69. The number of rotatable bonds is 3. The molecule has 3 nitrogen and oxygen atoms in total. The highest BCUT2D eigenvalue weighted by atomic mass is 127. The zero-order chi connectivity index (χ0) is 12.4. The maximum Gasteiger partial charge on any atom is 0.126 e. The van der Waals surface area contributed by atoms with Gasteiger partial charge in [0, 0.05) is 22.4 Å². The minimum atomic E-state index is 0.262. The summed E-state index contributed by atoms with van der Waals surface area (Å²) in [5, 5.41) is 3.21. The summed E-state index contributed by atoms with van der Waals surface area (Å²) in [5.41, 5.74) is 2.19. The Kier molecular flexibility index (Phi) is 3.83. The summed E-state index contributed by atoms with van der Waals surface area (Å²) in [4.78, 5) is 4.68. The molecule has 0 radical (unpaired) electrons. The van der Waals surface area contributed by atoms with Crippen LogP contribution in [0, 0.1) is 3.57 Å². The number of hydrogen-bond donors (Lipinski definition) is 1. The first-order valence-electron chi connectivity index (χ1n) is 5.58. The molecule has 0 aliphatic carbocycles. The second-order valence-electron chi connectivity index (χ2n) is 4.11. The van der Waals surface area contributed by atoms with Crippen molar-refractivity contribution in [3.8, 4) is 11.3 Å². The first-order valence-corrected chi connectivity index (χ1v) is 6.66. The summed E-state index contributed by atoms with van der Waals surface area (Å²) >= 11 is 2.31. The molecule has 2 rings (SSSR count). The van der Waals surface area contributed by atoms with Gasteiger partial charge in [-0.3, -0.25) is 0 Å². The van der Waals surface area contributed by atoms with Gasteiger partial charge in [0.1, 0.15) is 5.82 Å². The number of halogens is 1. The van der Waals surface area contributed by atoms with Gasteiger partial charge in [-0.05, 0) is 48.7 Å². The zero-order valence-corrected chi connectivity index (χ0v) is 12.4. The van der Waals surface area contributed by atoms with Crippen LogP contribution < -0.4 is 5.32 Å². The predicted molar refractivity (Wildman–Crippen MR) is 78.8 cm³/mol. The molecular weight excluding hydrogens is 325 g/mol. The number of nitrogens with zero attached hydrogens (tertiary/aromatic N) is 2. The average molecular weight is 341 g/mol. The van der Waals surface area contributed by atoms with E-state index in [9.17, 15) is 0 Å². The molecule has 0 aliphatic rings. The lowest BCUT2D eigenvalue weighted by molar-refractivity contribution is 0.585. The van der Waals surface area contributed by atoms with Crippen molar-refractivity contribution in [1.29, 1.82) is 0 Å². The number of benzene rings is 1. The molecule has 0 saturated heterocycles. The van der Waals surface area contributed by atoms with Gasteiger partial charge in [0.2, 0.25) is 0 Å². The average Bonchev–Trinajstić information content (AvgIpc) is 2.71.